The van der Waals surface area contributed by atoms with Crippen LogP contribution < -0.4 is 0 Å². The Bertz CT molecular complexity index is 639. The maximum absolute atomic E-state index is 5.91. The van der Waals surface area contributed by atoms with Crippen LogP contribution in [0.5, 0.6) is 0 Å². The van der Waals surface area contributed by atoms with Crippen LogP contribution in [0.3, 0.4) is 0 Å². The molecule has 0 bridgehead atoms. The number of hydrogen-bond donors (Lipinski definition) is 0. The van der Waals surface area contributed by atoms with Crippen molar-refractivity contribution in [2.75, 3.05) is 0 Å². The molecule has 0 radical (unpaired) electrons. The lowest BCUT2D eigenvalue weighted by Gasteiger charge is -2.32. The van der Waals surface area contributed by atoms with Crippen LogP contribution in [0.4, 0.5) is 0 Å². The third-order valence-corrected chi connectivity index (χ3v) is 5.53. The number of fused-ring (bicyclic) bond motifs is 1. The summed E-state index contributed by atoms with van der Waals surface area (Å²) in [6.45, 7) is 3.16. The summed E-state index contributed by atoms with van der Waals surface area (Å²) in [5.74, 6) is 2.37. The van der Waals surface area contributed by atoms with Gasteiger partial charge in [0.05, 0.1) is 13.0 Å². The lowest BCUT2D eigenvalue weighted by molar-refractivity contribution is 0.136. The van der Waals surface area contributed by atoms with Gasteiger partial charge in [0, 0.05) is 12.1 Å². The van der Waals surface area contributed by atoms with Crippen molar-refractivity contribution < 1.29 is 4.42 Å². The van der Waals surface area contributed by atoms with Crippen molar-refractivity contribution in [3.05, 3.63) is 47.7 Å². The molecule has 1 aliphatic carbocycles. The molecule has 0 unspecified atom stereocenters. The van der Waals surface area contributed by atoms with Crippen LogP contribution >= 0.6 is 0 Å². The molecule has 4 heteroatoms. The number of hydrogen-bond acceptors (Lipinski definition) is 4. The third-order valence-electron chi connectivity index (χ3n) is 5.53. The molecule has 0 N–H and O–H groups in total. The fourth-order valence-corrected chi connectivity index (χ4v) is 4.42. The van der Waals surface area contributed by atoms with Crippen LogP contribution in [-0.2, 0) is 13.0 Å². The van der Waals surface area contributed by atoms with E-state index in [0.717, 1.165) is 36.7 Å². The van der Waals surface area contributed by atoms with E-state index in [1.165, 1.54) is 37.7 Å². The number of benzene rings is 1. The lowest BCUT2D eigenvalue weighted by atomic mass is 9.85. The average molecular weight is 311 g/mol. The summed E-state index contributed by atoms with van der Waals surface area (Å²) in [6, 6.07) is 11.7. The highest BCUT2D eigenvalue weighted by Crippen LogP contribution is 2.40. The van der Waals surface area contributed by atoms with Crippen LogP contribution in [0.15, 0.2) is 34.7 Å². The molecule has 2 aliphatic rings. The molecular weight excluding hydrogens is 286 g/mol. The molecular formula is C19H25N3O. The second-order valence-corrected chi connectivity index (χ2v) is 7.12. The van der Waals surface area contributed by atoms with E-state index in [1.807, 2.05) is 18.2 Å². The van der Waals surface area contributed by atoms with E-state index < -0.39 is 0 Å². The quantitative estimate of drug-likeness (QED) is 0.861. The van der Waals surface area contributed by atoms with Crippen molar-refractivity contribution in [1.29, 1.82) is 0 Å². The monoisotopic (exact) mass is 311 g/mol. The zero-order valence-electron chi connectivity index (χ0n) is 13.8. The summed E-state index contributed by atoms with van der Waals surface area (Å²) < 4.78 is 5.91. The molecule has 1 saturated heterocycles. The number of nitrogens with zero attached hydrogens (tertiary/aromatic N) is 3. The summed E-state index contributed by atoms with van der Waals surface area (Å²) >= 11 is 0. The molecule has 2 aromatic rings. The Hall–Kier alpha value is -1.68. The normalized spacial score (nSPS) is 28.0. The van der Waals surface area contributed by atoms with Gasteiger partial charge in [-0.15, -0.1) is 10.2 Å². The van der Waals surface area contributed by atoms with Gasteiger partial charge in [0.2, 0.25) is 11.8 Å². The summed E-state index contributed by atoms with van der Waals surface area (Å²) in [4.78, 5) is 2.60. The van der Waals surface area contributed by atoms with Gasteiger partial charge >= 0.3 is 0 Å². The molecule has 1 aromatic carbocycles. The topological polar surface area (TPSA) is 42.2 Å². The minimum atomic E-state index is 0.632. The van der Waals surface area contributed by atoms with Gasteiger partial charge < -0.3 is 4.42 Å². The van der Waals surface area contributed by atoms with Crippen molar-refractivity contribution in [1.82, 2.24) is 15.1 Å². The van der Waals surface area contributed by atoms with Gasteiger partial charge in [-0.3, -0.25) is 4.90 Å². The Morgan fingerprint density at radius 3 is 2.74 bits per heavy atom. The first-order chi connectivity index (χ1) is 11.3. The van der Waals surface area contributed by atoms with Crippen LogP contribution in [0.1, 0.15) is 56.4 Å². The summed E-state index contributed by atoms with van der Waals surface area (Å²) in [6.07, 6.45) is 7.55. The van der Waals surface area contributed by atoms with Gasteiger partial charge in [0.15, 0.2) is 0 Å². The molecule has 0 spiro atoms. The summed E-state index contributed by atoms with van der Waals surface area (Å²) in [5, 5.41) is 8.53. The molecule has 122 valence electrons. The summed E-state index contributed by atoms with van der Waals surface area (Å²) in [7, 11) is 0. The van der Waals surface area contributed by atoms with E-state index in [-0.39, 0.29) is 0 Å². The fourth-order valence-electron chi connectivity index (χ4n) is 4.42. The van der Waals surface area contributed by atoms with Gasteiger partial charge in [-0.25, -0.2) is 0 Å². The van der Waals surface area contributed by atoms with Gasteiger partial charge in [-0.2, -0.15) is 0 Å². The lowest BCUT2D eigenvalue weighted by Crippen LogP contribution is -2.37. The Morgan fingerprint density at radius 1 is 1.09 bits per heavy atom. The molecule has 1 saturated carbocycles. The Morgan fingerprint density at radius 2 is 1.87 bits per heavy atom. The van der Waals surface area contributed by atoms with Crippen LogP contribution in [0, 0.1) is 5.92 Å². The first kappa shape index (κ1) is 14.9. The van der Waals surface area contributed by atoms with Gasteiger partial charge in [0.25, 0.3) is 0 Å². The van der Waals surface area contributed by atoms with Crippen molar-refractivity contribution in [3.63, 3.8) is 0 Å². The first-order valence-corrected chi connectivity index (χ1v) is 8.90. The molecule has 1 aliphatic heterocycles. The average Bonchev–Trinajstić information content (AvgIpc) is 3.14. The minimum Gasteiger partial charge on any atom is -0.424 e. The van der Waals surface area contributed by atoms with Gasteiger partial charge in [-0.1, -0.05) is 43.2 Å². The van der Waals surface area contributed by atoms with Crippen molar-refractivity contribution in [2.45, 2.75) is 64.1 Å². The van der Waals surface area contributed by atoms with Crippen LogP contribution in [0.25, 0.3) is 0 Å². The maximum atomic E-state index is 5.91. The molecule has 2 fully saturated rings. The van der Waals surface area contributed by atoms with E-state index in [1.54, 1.807) is 0 Å². The smallest absolute Gasteiger partial charge is 0.230 e. The Kier molecular flexibility index (Phi) is 4.17. The molecule has 23 heavy (non-hydrogen) atoms. The zero-order chi connectivity index (χ0) is 15.6. The molecule has 2 heterocycles. The van der Waals surface area contributed by atoms with Gasteiger partial charge in [0.1, 0.15) is 0 Å². The van der Waals surface area contributed by atoms with E-state index in [0.29, 0.717) is 6.04 Å². The van der Waals surface area contributed by atoms with E-state index in [9.17, 15) is 0 Å². The van der Waals surface area contributed by atoms with Crippen LogP contribution in [-0.4, -0.2) is 27.2 Å². The minimum absolute atomic E-state index is 0.632. The fraction of sp³-hybridized carbons (Fsp3) is 0.579. The molecule has 1 aromatic heterocycles. The highest BCUT2D eigenvalue weighted by atomic mass is 16.4. The third kappa shape index (κ3) is 3.18. The summed E-state index contributed by atoms with van der Waals surface area (Å²) in [5.41, 5.74) is 1.21. The second kappa shape index (κ2) is 6.44. The Balaban J connectivity index is 1.43. The van der Waals surface area contributed by atoms with Gasteiger partial charge in [-0.05, 0) is 37.7 Å². The Labute approximate surface area is 137 Å². The number of rotatable bonds is 4. The SMILES string of the molecule is C[C@@H]1C[C@H]2CCCC[C@H]2N1Cc1nnc(Cc2ccccc2)o1. The van der Waals surface area contributed by atoms with Crippen molar-refractivity contribution in [2.24, 2.45) is 5.92 Å². The predicted molar refractivity (Wildman–Crippen MR) is 88.9 cm³/mol. The first-order valence-electron chi connectivity index (χ1n) is 8.90. The highest BCUT2D eigenvalue weighted by molar-refractivity contribution is 5.17. The van der Waals surface area contributed by atoms with Crippen LogP contribution in [0.2, 0.25) is 0 Å². The van der Waals surface area contributed by atoms with E-state index in [4.69, 9.17) is 4.42 Å². The highest BCUT2D eigenvalue weighted by Gasteiger charge is 2.40. The number of likely N-dealkylation sites (tertiary alicyclic amines) is 1. The largest absolute Gasteiger partial charge is 0.424 e. The maximum Gasteiger partial charge on any atom is 0.230 e. The molecule has 0 amide bonds. The van der Waals surface area contributed by atoms with Crippen molar-refractivity contribution >= 4 is 0 Å². The second-order valence-electron chi connectivity index (χ2n) is 7.12. The van der Waals surface area contributed by atoms with E-state index in [2.05, 4.69) is 34.2 Å². The predicted octanol–water partition coefficient (Wildman–Crippen LogP) is 3.81. The molecule has 4 rings (SSSR count). The van der Waals surface area contributed by atoms with E-state index >= 15 is 0 Å². The molecule has 3 atom stereocenters. The van der Waals surface area contributed by atoms with Crippen molar-refractivity contribution in [3.8, 4) is 0 Å². The molecule has 4 nitrogen and oxygen atoms in total. The standard InChI is InChI=1S/C19H25N3O/c1-14-11-16-9-5-6-10-17(16)22(14)13-19-21-20-18(23-19)12-15-7-3-2-4-8-15/h2-4,7-8,14,16-17H,5-6,9-13H2,1H3/t14-,16-,17-/m1/s1. The number of aromatic nitrogens is 2. The zero-order valence-corrected chi connectivity index (χ0v) is 13.8.